The van der Waals surface area contributed by atoms with Crippen LogP contribution in [0.4, 0.5) is 15.8 Å². The van der Waals surface area contributed by atoms with Crippen molar-refractivity contribution in [2.75, 3.05) is 17.6 Å². The van der Waals surface area contributed by atoms with Crippen LogP contribution in [0.2, 0.25) is 0 Å². The zero-order chi connectivity index (χ0) is 15.4. The molecule has 0 aliphatic heterocycles. The quantitative estimate of drug-likeness (QED) is 0.634. The van der Waals surface area contributed by atoms with Gasteiger partial charge in [-0.25, -0.2) is 9.18 Å². The topological polar surface area (TPSA) is 95.6 Å². The number of hydrogen-bond acceptors (Lipinski definition) is 4. The summed E-state index contributed by atoms with van der Waals surface area (Å²) >= 11 is 0. The Bertz CT molecular complexity index is 657. The van der Waals surface area contributed by atoms with Crippen molar-refractivity contribution >= 4 is 17.3 Å². The summed E-state index contributed by atoms with van der Waals surface area (Å²) < 4.78 is 13.7. The average Bonchev–Trinajstić information content (AvgIpc) is 2.43. The van der Waals surface area contributed by atoms with Crippen LogP contribution >= 0.6 is 0 Å². The Morgan fingerprint density at radius 3 is 2.52 bits per heavy atom. The van der Waals surface area contributed by atoms with Gasteiger partial charge in [-0.15, -0.1) is 0 Å². The summed E-state index contributed by atoms with van der Waals surface area (Å²) in [5.74, 6) is -1.61. The van der Waals surface area contributed by atoms with Crippen molar-refractivity contribution in [1.82, 2.24) is 0 Å². The number of nitrogen functional groups attached to an aromatic ring is 1. The van der Waals surface area contributed by atoms with Gasteiger partial charge in [0.15, 0.2) is 0 Å². The molecule has 0 saturated carbocycles. The number of phenolic OH excluding ortho intramolecular Hbond substituents is 1. The number of aromatic carboxylic acids is 1. The Hall–Kier alpha value is -2.76. The summed E-state index contributed by atoms with van der Waals surface area (Å²) in [6, 6.07) is 8.84. The first-order valence-corrected chi connectivity index (χ1v) is 6.31. The van der Waals surface area contributed by atoms with Crippen LogP contribution in [-0.2, 0) is 6.42 Å². The van der Waals surface area contributed by atoms with Crippen molar-refractivity contribution in [3.63, 3.8) is 0 Å². The molecule has 0 radical (unpaired) electrons. The molecular weight excluding hydrogens is 275 g/mol. The van der Waals surface area contributed by atoms with E-state index in [2.05, 4.69) is 5.32 Å². The first kappa shape index (κ1) is 14.6. The van der Waals surface area contributed by atoms with Crippen molar-refractivity contribution in [3.05, 3.63) is 53.3 Å². The predicted octanol–water partition coefficient (Wildman–Crippen LogP) is 2.47. The summed E-state index contributed by atoms with van der Waals surface area (Å²) in [4.78, 5) is 11.0. The first-order chi connectivity index (χ1) is 9.97. The van der Waals surface area contributed by atoms with E-state index >= 15 is 0 Å². The molecule has 6 heteroatoms. The average molecular weight is 290 g/mol. The number of aromatic hydroxyl groups is 1. The number of hydrogen-bond donors (Lipinski definition) is 4. The molecule has 0 heterocycles. The van der Waals surface area contributed by atoms with E-state index in [1.165, 1.54) is 6.07 Å². The minimum absolute atomic E-state index is 0.0976. The van der Waals surface area contributed by atoms with Crippen LogP contribution < -0.4 is 11.1 Å². The van der Waals surface area contributed by atoms with Crippen LogP contribution in [0, 0.1) is 5.82 Å². The third-order valence-corrected chi connectivity index (χ3v) is 3.04. The maximum atomic E-state index is 13.7. The molecule has 0 aromatic heterocycles. The van der Waals surface area contributed by atoms with Crippen molar-refractivity contribution in [2.45, 2.75) is 6.42 Å². The number of anilines is 2. The lowest BCUT2D eigenvalue weighted by atomic mass is 10.1. The number of rotatable bonds is 5. The summed E-state index contributed by atoms with van der Waals surface area (Å²) in [5.41, 5.74) is 6.27. The Balaban J connectivity index is 2.04. The number of carbonyl (C=O) groups is 1. The van der Waals surface area contributed by atoms with E-state index in [9.17, 15) is 14.3 Å². The number of phenols is 1. The van der Waals surface area contributed by atoms with Gasteiger partial charge in [0.2, 0.25) is 0 Å². The van der Waals surface area contributed by atoms with Gasteiger partial charge >= 0.3 is 5.97 Å². The number of nitrogens with one attached hydrogen (secondary N) is 1. The van der Waals surface area contributed by atoms with Crippen molar-refractivity contribution in [1.29, 1.82) is 0 Å². The number of carboxylic acid groups (broad SMARTS) is 1. The fourth-order valence-electron chi connectivity index (χ4n) is 1.91. The highest BCUT2D eigenvalue weighted by molar-refractivity contribution is 5.94. The largest absolute Gasteiger partial charge is 0.508 e. The lowest BCUT2D eigenvalue weighted by Gasteiger charge is -2.10. The van der Waals surface area contributed by atoms with Crippen LogP contribution in [-0.4, -0.2) is 22.7 Å². The third kappa shape index (κ3) is 3.62. The second-order valence-electron chi connectivity index (χ2n) is 4.57. The minimum atomic E-state index is -1.20. The molecule has 0 saturated heterocycles. The molecule has 5 nitrogen and oxygen atoms in total. The molecule has 0 atom stereocenters. The summed E-state index contributed by atoms with van der Waals surface area (Å²) in [7, 11) is 0. The highest BCUT2D eigenvalue weighted by Crippen LogP contribution is 2.22. The molecule has 0 aliphatic rings. The van der Waals surface area contributed by atoms with Crippen LogP contribution in [0.25, 0.3) is 0 Å². The SMILES string of the molecule is Nc1cc(F)c(NCCc2ccc(O)cc2)cc1C(=O)O. The molecule has 0 bridgehead atoms. The maximum Gasteiger partial charge on any atom is 0.337 e. The Labute approximate surface area is 120 Å². The number of nitrogens with two attached hydrogens (primary N) is 1. The molecule has 5 N–H and O–H groups in total. The minimum Gasteiger partial charge on any atom is -0.508 e. The van der Waals surface area contributed by atoms with Crippen molar-refractivity contribution in [2.24, 2.45) is 0 Å². The van der Waals surface area contributed by atoms with E-state index in [0.29, 0.717) is 13.0 Å². The van der Waals surface area contributed by atoms with Gasteiger partial charge in [0, 0.05) is 12.2 Å². The zero-order valence-electron chi connectivity index (χ0n) is 11.1. The molecule has 2 aromatic carbocycles. The van der Waals surface area contributed by atoms with Crippen LogP contribution in [0.5, 0.6) is 5.75 Å². The number of carboxylic acids is 1. The van der Waals surface area contributed by atoms with E-state index in [1.807, 2.05) is 0 Å². The normalized spacial score (nSPS) is 10.3. The molecule has 0 amide bonds. The molecule has 0 spiro atoms. The smallest absolute Gasteiger partial charge is 0.337 e. The van der Waals surface area contributed by atoms with Gasteiger partial charge in [0.05, 0.1) is 11.3 Å². The van der Waals surface area contributed by atoms with E-state index < -0.39 is 11.8 Å². The first-order valence-electron chi connectivity index (χ1n) is 6.31. The van der Waals surface area contributed by atoms with Crippen LogP contribution in [0.1, 0.15) is 15.9 Å². The maximum absolute atomic E-state index is 13.7. The van der Waals surface area contributed by atoms with Gasteiger partial charge in [-0.1, -0.05) is 12.1 Å². The van der Waals surface area contributed by atoms with E-state index in [0.717, 1.165) is 11.6 Å². The Kier molecular flexibility index (Phi) is 4.27. The number of halogens is 1. The molecule has 0 fully saturated rings. The summed E-state index contributed by atoms with van der Waals surface area (Å²) in [6.45, 7) is 0.421. The standard InChI is InChI=1S/C15H15FN2O3/c16-12-8-13(17)11(15(20)21)7-14(12)18-6-5-9-1-3-10(19)4-2-9/h1-4,7-8,18-19H,5-6,17H2,(H,20,21). The predicted molar refractivity (Wildman–Crippen MR) is 78.1 cm³/mol. The van der Waals surface area contributed by atoms with Gasteiger partial charge in [0.1, 0.15) is 11.6 Å². The molecule has 2 rings (SSSR count). The fourth-order valence-corrected chi connectivity index (χ4v) is 1.91. The summed E-state index contributed by atoms with van der Waals surface area (Å²) in [6.07, 6.45) is 0.604. The third-order valence-electron chi connectivity index (χ3n) is 3.04. The second kappa shape index (κ2) is 6.13. The van der Waals surface area contributed by atoms with E-state index in [4.69, 9.17) is 10.8 Å². The van der Waals surface area contributed by atoms with E-state index in [1.54, 1.807) is 24.3 Å². The Morgan fingerprint density at radius 1 is 1.24 bits per heavy atom. The zero-order valence-corrected chi connectivity index (χ0v) is 11.1. The molecule has 0 unspecified atom stereocenters. The van der Waals surface area contributed by atoms with Gasteiger partial charge < -0.3 is 21.3 Å². The van der Waals surface area contributed by atoms with Crippen molar-refractivity contribution in [3.8, 4) is 5.75 Å². The molecule has 0 aliphatic carbocycles. The summed E-state index contributed by atoms with van der Waals surface area (Å²) in [5, 5.41) is 21.0. The Morgan fingerprint density at radius 2 is 1.90 bits per heavy atom. The van der Waals surface area contributed by atoms with Gasteiger partial charge in [-0.2, -0.15) is 0 Å². The van der Waals surface area contributed by atoms with E-state index in [-0.39, 0.29) is 22.7 Å². The fraction of sp³-hybridized carbons (Fsp3) is 0.133. The van der Waals surface area contributed by atoms with Crippen molar-refractivity contribution < 1.29 is 19.4 Å². The lowest BCUT2D eigenvalue weighted by Crippen LogP contribution is -2.09. The molecule has 110 valence electrons. The van der Waals surface area contributed by atoms with Crippen LogP contribution in [0.3, 0.4) is 0 Å². The highest BCUT2D eigenvalue weighted by atomic mass is 19.1. The molecule has 2 aromatic rings. The molecule has 21 heavy (non-hydrogen) atoms. The van der Waals surface area contributed by atoms with Gasteiger partial charge in [0.25, 0.3) is 0 Å². The number of benzene rings is 2. The van der Waals surface area contributed by atoms with Gasteiger partial charge in [-0.05, 0) is 36.2 Å². The highest BCUT2D eigenvalue weighted by Gasteiger charge is 2.12. The lowest BCUT2D eigenvalue weighted by molar-refractivity contribution is 0.0698. The van der Waals surface area contributed by atoms with Gasteiger partial charge in [-0.3, -0.25) is 0 Å². The van der Waals surface area contributed by atoms with Crippen LogP contribution in [0.15, 0.2) is 36.4 Å². The monoisotopic (exact) mass is 290 g/mol. The second-order valence-corrected chi connectivity index (χ2v) is 4.57. The molecular formula is C15H15FN2O3.